The van der Waals surface area contributed by atoms with E-state index in [4.69, 9.17) is 53.0 Å². The molecule has 1 nitrogen and oxygen atoms in total. The van der Waals surface area contributed by atoms with E-state index in [0.29, 0.717) is 0 Å². The Morgan fingerprint density at radius 2 is 1.55 bits per heavy atom. The quantitative estimate of drug-likeness (QED) is 0.374. The van der Waals surface area contributed by atoms with Gasteiger partial charge in [0.25, 0.3) is 0 Å². The SMILES string of the molecule is CCCCc1cc(C)[nH+]c2ccccc12.[Cl][Sb-]([Cl])([Cl])([Cl])([Cl])[Cl]. The molecular weight excluding hydrogens is 517 g/mol. The van der Waals surface area contributed by atoms with E-state index < -0.39 is 9.14 Å². The van der Waals surface area contributed by atoms with Crippen molar-refractivity contribution in [2.45, 2.75) is 33.1 Å². The fraction of sp³-hybridized carbons (Fsp3) is 0.357. The van der Waals surface area contributed by atoms with Crippen LogP contribution in [0.1, 0.15) is 31.0 Å². The van der Waals surface area contributed by atoms with Crippen LogP contribution in [0.3, 0.4) is 0 Å². The summed E-state index contributed by atoms with van der Waals surface area (Å²) in [4.78, 5) is 3.41. The first-order chi connectivity index (χ1) is 9.76. The molecule has 1 N–H and O–H groups in total. The van der Waals surface area contributed by atoms with Gasteiger partial charge in [-0.05, 0) is 24.5 Å². The second-order valence-electron chi connectivity index (χ2n) is 5.09. The van der Waals surface area contributed by atoms with Gasteiger partial charge >= 0.3 is 62.1 Å². The number of rotatable bonds is 3. The minimum atomic E-state index is -5.42. The van der Waals surface area contributed by atoms with Crippen molar-refractivity contribution < 1.29 is 4.98 Å². The third kappa shape index (κ3) is 10.9. The van der Waals surface area contributed by atoms with Crippen LogP contribution >= 0.6 is 53.0 Å². The molecule has 2 aromatic rings. The summed E-state index contributed by atoms with van der Waals surface area (Å²) in [5.41, 5.74) is 3.98. The Morgan fingerprint density at radius 1 is 1.00 bits per heavy atom. The van der Waals surface area contributed by atoms with Crippen molar-refractivity contribution >= 4 is 73.0 Å². The van der Waals surface area contributed by atoms with Crippen LogP contribution in [0.15, 0.2) is 30.3 Å². The van der Waals surface area contributed by atoms with E-state index in [1.54, 1.807) is 0 Å². The van der Waals surface area contributed by atoms with Gasteiger partial charge in [-0.15, -0.1) is 0 Å². The second kappa shape index (κ2) is 7.20. The molecule has 1 aromatic heterocycles. The summed E-state index contributed by atoms with van der Waals surface area (Å²) in [6.07, 6.45) is 3.71. The van der Waals surface area contributed by atoms with Gasteiger partial charge in [0.2, 0.25) is 5.52 Å². The average Bonchev–Trinajstić information content (AvgIpc) is 2.32. The van der Waals surface area contributed by atoms with Crippen molar-refractivity contribution in [3.8, 4) is 0 Å². The van der Waals surface area contributed by atoms with Gasteiger partial charge in [0, 0.05) is 24.4 Å². The van der Waals surface area contributed by atoms with E-state index in [1.165, 1.54) is 41.4 Å². The number of pyridine rings is 1. The van der Waals surface area contributed by atoms with Crippen molar-refractivity contribution in [2.24, 2.45) is 0 Å². The molecule has 0 aliphatic rings. The zero-order chi connectivity index (χ0) is 17.1. The van der Waals surface area contributed by atoms with Crippen molar-refractivity contribution in [1.29, 1.82) is 0 Å². The Hall–Kier alpha value is 1.19. The van der Waals surface area contributed by atoms with Crippen LogP contribution in [0.25, 0.3) is 10.9 Å². The number of aryl methyl sites for hydroxylation is 2. The first kappa shape index (κ1) is 21.2. The van der Waals surface area contributed by atoms with Gasteiger partial charge in [-0.25, -0.2) is 4.98 Å². The summed E-state index contributed by atoms with van der Waals surface area (Å²) in [5.74, 6) is 0. The molecule has 1 heterocycles. The van der Waals surface area contributed by atoms with Crippen LogP contribution in [0.2, 0.25) is 0 Å². The van der Waals surface area contributed by atoms with Gasteiger partial charge in [0.15, 0.2) is 5.69 Å². The molecule has 0 atom stereocenters. The van der Waals surface area contributed by atoms with Crippen LogP contribution in [0, 0.1) is 6.92 Å². The number of unbranched alkanes of at least 4 members (excludes halogenated alkanes) is 1. The van der Waals surface area contributed by atoms with E-state index in [9.17, 15) is 0 Å². The monoisotopic (exact) mass is 531 g/mol. The van der Waals surface area contributed by atoms with Crippen LogP contribution in [-0.4, -0.2) is 9.14 Å². The zero-order valence-corrected chi connectivity index (χ0v) is 19.3. The van der Waals surface area contributed by atoms with E-state index in [0.717, 1.165) is 0 Å². The number of para-hydroxylation sites is 1. The van der Waals surface area contributed by atoms with Crippen LogP contribution in [0.5, 0.6) is 0 Å². The minimum absolute atomic E-state index is 1.19. The maximum atomic E-state index is 5.06. The third-order valence-corrected chi connectivity index (χ3v) is 2.80. The molecule has 0 radical (unpaired) electrons. The van der Waals surface area contributed by atoms with E-state index >= 15 is 0 Å². The van der Waals surface area contributed by atoms with E-state index in [1.807, 2.05) is 0 Å². The Morgan fingerprint density at radius 3 is 2.09 bits per heavy atom. The van der Waals surface area contributed by atoms with Crippen LogP contribution < -0.4 is 4.98 Å². The number of fused-ring (bicyclic) bond motifs is 1. The van der Waals surface area contributed by atoms with Crippen LogP contribution in [0.4, 0.5) is 0 Å². The molecule has 0 spiro atoms. The number of H-pyrrole nitrogens is 1. The number of nitrogens with one attached hydrogen (secondary N) is 1. The first-order valence-electron chi connectivity index (χ1n) is 6.73. The molecule has 0 saturated carbocycles. The molecule has 0 unspecified atom stereocenters. The summed E-state index contributed by atoms with van der Waals surface area (Å²) in [6, 6.07) is 10.8. The number of hydrogen-bond acceptors (Lipinski definition) is 0. The predicted octanol–water partition coefficient (Wildman–Crippen LogP) is 7.06. The molecule has 0 bridgehead atoms. The Kier molecular flexibility index (Phi) is 6.95. The number of aromatic amines is 1. The molecule has 0 aliphatic carbocycles. The van der Waals surface area contributed by atoms with Crippen molar-refractivity contribution in [2.75, 3.05) is 0 Å². The van der Waals surface area contributed by atoms with Crippen LogP contribution in [-0.2, 0) is 6.42 Å². The fourth-order valence-electron chi connectivity index (χ4n) is 2.03. The van der Waals surface area contributed by atoms with Crippen molar-refractivity contribution in [3.05, 3.63) is 41.6 Å². The number of hydrogen-bond donors (Lipinski definition) is 0. The summed E-state index contributed by atoms with van der Waals surface area (Å²) in [5, 5.41) is 1.37. The van der Waals surface area contributed by atoms with E-state index in [2.05, 4.69) is 49.2 Å². The van der Waals surface area contributed by atoms with Gasteiger partial charge in [-0.3, -0.25) is 0 Å². The van der Waals surface area contributed by atoms with Gasteiger partial charge in [0.1, 0.15) is 0 Å². The normalized spacial score (nSPS) is 14.7. The molecule has 1 aromatic carbocycles. The van der Waals surface area contributed by atoms with Gasteiger partial charge in [-0.1, -0.05) is 25.5 Å². The summed E-state index contributed by atoms with van der Waals surface area (Å²) in [6.45, 7) is 4.37. The first-order valence-corrected chi connectivity index (χ1v) is 26.1. The molecule has 8 heteroatoms. The standard InChI is InChI=1S/C14H17N.6ClH.Sb/c1-3-4-7-12-10-11(2)15-14-9-6-5-8-13(12)14;;;;;;;/h5-6,8-10H,3-4,7H2,1-2H3;6*1H;/q;;;;;;;+5/p-5. The fourth-order valence-corrected chi connectivity index (χ4v) is 2.03. The maximum absolute atomic E-state index is 5.42. The van der Waals surface area contributed by atoms with Gasteiger partial charge in [-0.2, -0.15) is 0 Å². The predicted molar refractivity (Wildman–Crippen MR) is 105 cm³/mol. The summed E-state index contributed by atoms with van der Waals surface area (Å²) >= 11 is 0. The molecule has 126 valence electrons. The molecular formula is C14H18Cl6NSb. The summed E-state index contributed by atoms with van der Waals surface area (Å²) in [7, 11) is 25.0. The van der Waals surface area contributed by atoms with Gasteiger partial charge < -0.3 is 0 Å². The van der Waals surface area contributed by atoms with Crippen molar-refractivity contribution in [1.82, 2.24) is 0 Å². The molecule has 0 aliphatic heterocycles. The van der Waals surface area contributed by atoms with Gasteiger partial charge in [0.05, 0.1) is 0 Å². The Labute approximate surface area is 151 Å². The topological polar surface area (TPSA) is 14.1 Å². The summed E-state index contributed by atoms with van der Waals surface area (Å²) < 4.78 is 0. The Bertz CT molecular complexity index is 639. The number of benzene rings is 1. The van der Waals surface area contributed by atoms with Crippen molar-refractivity contribution in [3.63, 3.8) is 0 Å². The third-order valence-electron chi connectivity index (χ3n) is 2.80. The molecule has 0 saturated heterocycles. The number of aromatic nitrogens is 1. The Balaban J connectivity index is 0.000000295. The molecule has 0 fully saturated rings. The molecule has 2 rings (SSSR count). The number of halogens is 6. The zero-order valence-electron chi connectivity index (χ0n) is 12.2. The molecule has 0 amide bonds. The second-order valence-corrected chi connectivity index (χ2v) is 62.0. The average molecular weight is 535 g/mol. The van der Waals surface area contributed by atoms with E-state index in [-0.39, 0.29) is 0 Å². The molecule has 22 heavy (non-hydrogen) atoms.